The van der Waals surface area contributed by atoms with Gasteiger partial charge in [-0.15, -0.1) is 0 Å². The van der Waals surface area contributed by atoms with Crippen LogP contribution in [-0.2, 0) is 9.53 Å². The summed E-state index contributed by atoms with van der Waals surface area (Å²) in [7, 11) is 0. The molecule has 1 aliphatic carbocycles. The highest BCUT2D eigenvalue weighted by molar-refractivity contribution is 5.77. The molecule has 2 atom stereocenters. The van der Waals surface area contributed by atoms with Crippen molar-refractivity contribution in [3.63, 3.8) is 0 Å². The number of carbonyl (C=O) groups excluding carboxylic acids is 1. The van der Waals surface area contributed by atoms with E-state index in [4.69, 9.17) is 4.74 Å². The fourth-order valence-electron chi connectivity index (χ4n) is 4.07. The van der Waals surface area contributed by atoms with Crippen molar-refractivity contribution in [3.05, 3.63) is 0 Å². The van der Waals surface area contributed by atoms with Crippen LogP contribution < -0.4 is 5.32 Å². The predicted molar refractivity (Wildman–Crippen MR) is 78.5 cm³/mol. The lowest BCUT2D eigenvalue weighted by atomic mass is 9.75. The highest BCUT2D eigenvalue weighted by Gasteiger charge is 2.33. The molecule has 0 radical (unpaired) electrons. The molecule has 1 saturated carbocycles. The summed E-state index contributed by atoms with van der Waals surface area (Å²) in [4.78, 5) is 14.4. The van der Waals surface area contributed by atoms with E-state index in [1.54, 1.807) is 0 Å². The number of amides is 1. The van der Waals surface area contributed by atoms with Crippen molar-refractivity contribution in [3.8, 4) is 0 Å². The van der Waals surface area contributed by atoms with Crippen molar-refractivity contribution in [2.24, 2.45) is 11.8 Å². The second-order valence-electron chi connectivity index (χ2n) is 6.69. The number of nitrogens with zero attached hydrogens (tertiary/aromatic N) is 1. The summed E-state index contributed by atoms with van der Waals surface area (Å²) < 4.78 is 5.80. The van der Waals surface area contributed by atoms with Crippen LogP contribution in [0.3, 0.4) is 0 Å². The highest BCUT2D eigenvalue weighted by Crippen LogP contribution is 2.36. The Morgan fingerprint density at radius 1 is 1.05 bits per heavy atom. The zero-order valence-corrected chi connectivity index (χ0v) is 12.5. The number of carbonyl (C=O) groups is 1. The van der Waals surface area contributed by atoms with Crippen LogP contribution in [0.2, 0.25) is 0 Å². The van der Waals surface area contributed by atoms with E-state index in [-0.39, 0.29) is 12.0 Å². The first-order chi connectivity index (χ1) is 9.83. The van der Waals surface area contributed by atoms with Crippen LogP contribution in [-0.4, -0.2) is 49.7 Å². The van der Waals surface area contributed by atoms with Gasteiger partial charge in [0.1, 0.15) is 6.61 Å². The van der Waals surface area contributed by atoms with Crippen molar-refractivity contribution >= 4 is 5.91 Å². The number of likely N-dealkylation sites (tertiary alicyclic amines) is 1. The van der Waals surface area contributed by atoms with Gasteiger partial charge in [-0.25, -0.2) is 0 Å². The van der Waals surface area contributed by atoms with Gasteiger partial charge in [-0.05, 0) is 50.6 Å². The minimum atomic E-state index is 0.215. The van der Waals surface area contributed by atoms with E-state index in [1.165, 1.54) is 32.1 Å². The van der Waals surface area contributed by atoms with Crippen LogP contribution >= 0.6 is 0 Å². The highest BCUT2D eigenvalue weighted by atomic mass is 16.5. The van der Waals surface area contributed by atoms with Crippen molar-refractivity contribution in [1.82, 2.24) is 10.2 Å². The minimum absolute atomic E-state index is 0.215. The number of piperidine rings is 2. The number of nitrogens with one attached hydrogen (secondary N) is 1. The maximum absolute atomic E-state index is 12.3. The third-order valence-corrected chi connectivity index (χ3v) is 5.37. The first-order valence-electron chi connectivity index (χ1n) is 8.43. The molecule has 2 aliphatic heterocycles. The maximum atomic E-state index is 12.3. The molecule has 3 rings (SSSR count). The topological polar surface area (TPSA) is 41.6 Å². The van der Waals surface area contributed by atoms with E-state index in [0.717, 1.165) is 50.9 Å². The molecule has 1 amide bonds. The quantitative estimate of drug-likeness (QED) is 0.857. The van der Waals surface area contributed by atoms with E-state index < -0.39 is 0 Å². The van der Waals surface area contributed by atoms with Crippen LogP contribution in [0.1, 0.15) is 44.9 Å². The number of hydrogen-bond donors (Lipinski definition) is 1. The second-order valence-corrected chi connectivity index (χ2v) is 6.69. The van der Waals surface area contributed by atoms with Crippen molar-refractivity contribution in [2.75, 3.05) is 32.8 Å². The summed E-state index contributed by atoms with van der Waals surface area (Å²) in [5, 5.41) is 3.32. The third-order valence-electron chi connectivity index (χ3n) is 5.37. The van der Waals surface area contributed by atoms with Crippen LogP contribution in [0, 0.1) is 11.8 Å². The smallest absolute Gasteiger partial charge is 0.248 e. The number of hydrogen-bond acceptors (Lipinski definition) is 3. The van der Waals surface area contributed by atoms with Gasteiger partial charge in [0, 0.05) is 13.1 Å². The summed E-state index contributed by atoms with van der Waals surface area (Å²) in [5.74, 6) is 1.87. The average molecular weight is 280 g/mol. The Hall–Kier alpha value is -0.610. The van der Waals surface area contributed by atoms with Crippen molar-refractivity contribution in [2.45, 2.75) is 51.0 Å². The van der Waals surface area contributed by atoms with E-state index in [2.05, 4.69) is 10.2 Å². The van der Waals surface area contributed by atoms with Gasteiger partial charge in [0.05, 0.1) is 6.10 Å². The molecule has 0 bridgehead atoms. The van der Waals surface area contributed by atoms with Crippen molar-refractivity contribution in [1.29, 1.82) is 0 Å². The van der Waals surface area contributed by atoms with Gasteiger partial charge in [0.25, 0.3) is 0 Å². The van der Waals surface area contributed by atoms with E-state index in [1.807, 2.05) is 0 Å². The second kappa shape index (κ2) is 6.90. The summed E-state index contributed by atoms with van der Waals surface area (Å²) in [5.41, 5.74) is 0. The van der Waals surface area contributed by atoms with Crippen LogP contribution in [0.15, 0.2) is 0 Å². The number of rotatable bonds is 3. The SMILES string of the molecule is O=C(COC1CCNCC1)N1CCC2CCCCC2C1. The summed E-state index contributed by atoms with van der Waals surface area (Å²) in [6, 6.07) is 0. The van der Waals surface area contributed by atoms with E-state index in [9.17, 15) is 4.79 Å². The van der Waals surface area contributed by atoms with Gasteiger partial charge in [-0.3, -0.25) is 4.79 Å². The predicted octanol–water partition coefficient (Wildman–Crippen LogP) is 1.79. The zero-order valence-electron chi connectivity index (χ0n) is 12.5. The van der Waals surface area contributed by atoms with E-state index in [0.29, 0.717) is 6.61 Å². The third kappa shape index (κ3) is 3.53. The molecule has 114 valence electrons. The lowest BCUT2D eigenvalue weighted by Gasteiger charge is -2.41. The molecule has 3 aliphatic rings. The molecule has 2 unspecified atom stereocenters. The summed E-state index contributed by atoms with van der Waals surface area (Å²) in [6.45, 7) is 4.27. The minimum Gasteiger partial charge on any atom is -0.368 e. The first kappa shape index (κ1) is 14.3. The maximum Gasteiger partial charge on any atom is 0.248 e. The Balaban J connectivity index is 1.42. The lowest BCUT2D eigenvalue weighted by Crippen LogP contribution is -2.46. The molecule has 0 aromatic carbocycles. The molecule has 2 heterocycles. The van der Waals surface area contributed by atoms with Crippen LogP contribution in [0.5, 0.6) is 0 Å². The Bertz CT molecular complexity index is 328. The molecule has 3 fully saturated rings. The molecule has 0 aromatic heterocycles. The van der Waals surface area contributed by atoms with Gasteiger partial charge >= 0.3 is 0 Å². The molecule has 0 spiro atoms. The lowest BCUT2D eigenvalue weighted by molar-refractivity contribution is -0.141. The van der Waals surface area contributed by atoms with Gasteiger partial charge < -0.3 is 15.0 Å². The van der Waals surface area contributed by atoms with Gasteiger partial charge in [0.15, 0.2) is 0 Å². The molecular formula is C16H28N2O2. The number of ether oxygens (including phenoxy) is 1. The number of fused-ring (bicyclic) bond motifs is 1. The Morgan fingerprint density at radius 2 is 1.80 bits per heavy atom. The molecule has 2 saturated heterocycles. The Morgan fingerprint density at radius 3 is 2.60 bits per heavy atom. The van der Waals surface area contributed by atoms with Crippen LogP contribution in [0.25, 0.3) is 0 Å². The summed E-state index contributed by atoms with van der Waals surface area (Å²) >= 11 is 0. The molecule has 20 heavy (non-hydrogen) atoms. The standard InChI is InChI=1S/C16H28N2O2/c19-16(12-20-15-5-8-17-9-6-15)18-10-7-13-3-1-2-4-14(13)11-18/h13-15,17H,1-12H2. The fraction of sp³-hybridized carbons (Fsp3) is 0.938. The summed E-state index contributed by atoms with van der Waals surface area (Å²) in [6.07, 6.45) is 9.04. The Labute approximate surface area is 122 Å². The monoisotopic (exact) mass is 280 g/mol. The molecule has 4 nitrogen and oxygen atoms in total. The van der Waals surface area contributed by atoms with E-state index >= 15 is 0 Å². The molecule has 1 N–H and O–H groups in total. The first-order valence-corrected chi connectivity index (χ1v) is 8.43. The fourth-order valence-corrected chi connectivity index (χ4v) is 4.07. The molecule has 0 aromatic rings. The van der Waals surface area contributed by atoms with Crippen LogP contribution in [0.4, 0.5) is 0 Å². The zero-order chi connectivity index (χ0) is 13.8. The molecular weight excluding hydrogens is 252 g/mol. The van der Waals surface area contributed by atoms with Gasteiger partial charge in [-0.2, -0.15) is 0 Å². The van der Waals surface area contributed by atoms with Crippen molar-refractivity contribution < 1.29 is 9.53 Å². The molecule has 4 heteroatoms. The normalized spacial score (nSPS) is 31.9. The largest absolute Gasteiger partial charge is 0.368 e. The van der Waals surface area contributed by atoms with Gasteiger partial charge in [0.2, 0.25) is 5.91 Å². The van der Waals surface area contributed by atoms with Gasteiger partial charge in [-0.1, -0.05) is 19.3 Å². The average Bonchev–Trinajstić information content (AvgIpc) is 2.53. The Kier molecular flexibility index (Phi) is 4.94.